The van der Waals surface area contributed by atoms with Crippen molar-refractivity contribution < 1.29 is 0 Å². The quantitative estimate of drug-likeness (QED) is 0.465. The molecule has 0 aliphatic carbocycles. The van der Waals surface area contributed by atoms with Gasteiger partial charge < -0.3 is 0 Å². The van der Waals surface area contributed by atoms with Crippen LogP contribution in [-0.2, 0) is 0 Å². The van der Waals surface area contributed by atoms with E-state index in [0.29, 0.717) is 0 Å². The van der Waals surface area contributed by atoms with Gasteiger partial charge >= 0.3 is 0 Å². The largest absolute Gasteiger partial charge is 0.0979 e. The Bertz CT molecular complexity index is 350. The van der Waals surface area contributed by atoms with E-state index in [1.807, 2.05) is 57.2 Å². The minimum atomic E-state index is 1.17. The van der Waals surface area contributed by atoms with Crippen molar-refractivity contribution in [2.24, 2.45) is 0 Å². The maximum atomic E-state index is 3.79. The molecule has 2 heteroatoms. The fraction of sp³-hybridized carbons (Fsp3) is 0.200. The lowest BCUT2D eigenvalue weighted by Crippen LogP contribution is -1.67. The van der Waals surface area contributed by atoms with E-state index in [4.69, 9.17) is 0 Å². The van der Waals surface area contributed by atoms with Gasteiger partial charge in [0.1, 0.15) is 0 Å². The first kappa shape index (κ1) is 16.1. The zero-order valence-corrected chi connectivity index (χ0v) is 12.4. The minimum absolute atomic E-state index is 1.17. The minimum Gasteiger partial charge on any atom is -0.0979 e. The third-order valence-corrected chi connectivity index (χ3v) is 4.08. The van der Waals surface area contributed by atoms with Crippen molar-refractivity contribution in [3.05, 3.63) is 66.1 Å². The Morgan fingerprint density at radius 3 is 2.35 bits per heavy atom. The Labute approximate surface area is 113 Å². The van der Waals surface area contributed by atoms with Gasteiger partial charge in [-0.1, -0.05) is 78.4 Å². The van der Waals surface area contributed by atoms with Crippen molar-refractivity contribution in [2.75, 3.05) is 0 Å². The average Bonchev–Trinajstić information content (AvgIpc) is 2.42. The van der Waals surface area contributed by atoms with Crippen LogP contribution in [-0.4, -0.2) is 0 Å². The highest BCUT2D eigenvalue weighted by Crippen LogP contribution is 2.36. The Morgan fingerprint density at radius 1 is 1.18 bits per heavy atom. The maximum Gasteiger partial charge on any atom is 0.0186 e. The lowest BCUT2D eigenvalue weighted by atomic mass is 10.4. The Hall–Kier alpha value is -0.860. The molecule has 17 heavy (non-hydrogen) atoms. The zero-order chi connectivity index (χ0) is 12.9. The van der Waals surface area contributed by atoms with Crippen molar-refractivity contribution in [3.8, 4) is 0 Å². The van der Waals surface area contributed by atoms with Gasteiger partial charge in [-0.05, 0) is 25.1 Å². The number of allylic oxidation sites excluding steroid dienone is 4. The van der Waals surface area contributed by atoms with Crippen LogP contribution in [0, 0.1) is 0 Å². The normalized spacial score (nSPS) is 10.9. The fourth-order valence-corrected chi connectivity index (χ4v) is 2.84. The molecule has 0 fully saturated rings. The summed E-state index contributed by atoms with van der Waals surface area (Å²) in [5.74, 6) is 0. The summed E-state index contributed by atoms with van der Waals surface area (Å²) in [6.07, 6.45) is 7.97. The summed E-state index contributed by atoms with van der Waals surface area (Å²) in [6, 6.07) is 10.3. The van der Waals surface area contributed by atoms with Gasteiger partial charge in [0.15, 0.2) is 0 Å². The van der Waals surface area contributed by atoms with Gasteiger partial charge in [0.2, 0.25) is 0 Å². The molecule has 0 atom stereocenters. The SMILES string of the molecule is C=C/C(=C\C=C/C)SSc1ccccc1.CC. The van der Waals surface area contributed by atoms with Crippen molar-refractivity contribution in [1.29, 1.82) is 0 Å². The molecule has 0 saturated carbocycles. The van der Waals surface area contributed by atoms with Crippen LogP contribution in [0.15, 0.2) is 71.0 Å². The Kier molecular flexibility index (Phi) is 11.0. The third kappa shape index (κ3) is 7.94. The molecule has 0 aliphatic rings. The van der Waals surface area contributed by atoms with Crippen LogP contribution >= 0.6 is 21.6 Å². The molecule has 0 N–H and O–H groups in total. The second kappa shape index (κ2) is 11.6. The first-order chi connectivity index (χ1) is 8.36. The highest BCUT2D eigenvalue weighted by molar-refractivity contribution is 8.78. The lowest BCUT2D eigenvalue weighted by Gasteiger charge is -2.00. The molecule has 0 unspecified atom stereocenters. The predicted molar refractivity (Wildman–Crippen MR) is 84.3 cm³/mol. The van der Waals surface area contributed by atoms with Crippen LogP contribution in [0.3, 0.4) is 0 Å². The summed E-state index contributed by atoms with van der Waals surface area (Å²) in [5.41, 5.74) is 0. The van der Waals surface area contributed by atoms with Crippen molar-refractivity contribution >= 4 is 21.6 Å². The summed E-state index contributed by atoms with van der Waals surface area (Å²) in [4.78, 5) is 2.43. The molecular weight excluding hydrogens is 244 g/mol. The van der Waals surface area contributed by atoms with Gasteiger partial charge in [0, 0.05) is 9.80 Å². The van der Waals surface area contributed by atoms with Crippen LogP contribution in [0.5, 0.6) is 0 Å². The van der Waals surface area contributed by atoms with E-state index in [1.54, 1.807) is 21.6 Å². The van der Waals surface area contributed by atoms with E-state index in [9.17, 15) is 0 Å². The first-order valence-corrected chi connectivity index (χ1v) is 7.87. The van der Waals surface area contributed by atoms with Gasteiger partial charge in [-0.15, -0.1) is 0 Å². The number of rotatable bonds is 5. The van der Waals surface area contributed by atoms with E-state index >= 15 is 0 Å². The standard InChI is InChI=1S/C13H14S2.C2H6/c1-3-5-9-12(4-2)14-15-13-10-7-6-8-11-13;1-2/h3-11H,2H2,1H3;1-2H3/b5-3-,12-9+;. The molecule has 0 aromatic heterocycles. The van der Waals surface area contributed by atoms with E-state index < -0.39 is 0 Å². The van der Waals surface area contributed by atoms with Crippen molar-refractivity contribution in [2.45, 2.75) is 25.7 Å². The van der Waals surface area contributed by atoms with E-state index in [-0.39, 0.29) is 0 Å². The number of hydrogen-bond donors (Lipinski definition) is 0. The average molecular weight is 264 g/mol. The molecule has 1 rings (SSSR count). The highest BCUT2D eigenvalue weighted by Gasteiger charge is 1.95. The molecule has 0 bridgehead atoms. The number of benzene rings is 1. The van der Waals surface area contributed by atoms with Gasteiger partial charge in [0.25, 0.3) is 0 Å². The van der Waals surface area contributed by atoms with Gasteiger partial charge in [0.05, 0.1) is 0 Å². The van der Waals surface area contributed by atoms with Crippen LogP contribution in [0.4, 0.5) is 0 Å². The molecule has 0 spiro atoms. The van der Waals surface area contributed by atoms with Gasteiger partial charge in [-0.3, -0.25) is 0 Å². The molecule has 0 heterocycles. The Balaban J connectivity index is 0.00000121. The van der Waals surface area contributed by atoms with E-state index in [1.165, 1.54) is 9.80 Å². The van der Waals surface area contributed by atoms with Gasteiger partial charge in [-0.2, -0.15) is 0 Å². The molecule has 92 valence electrons. The van der Waals surface area contributed by atoms with Crippen LogP contribution in [0.25, 0.3) is 0 Å². The summed E-state index contributed by atoms with van der Waals surface area (Å²) in [6.45, 7) is 9.80. The molecule has 1 aromatic rings. The number of hydrogen-bond acceptors (Lipinski definition) is 2. The van der Waals surface area contributed by atoms with Crippen molar-refractivity contribution in [3.63, 3.8) is 0 Å². The van der Waals surface area contributed by atoms with E-state index in [0.717, 1.165) is 0 Å². The zero-order valence-electron chi connectivity index (χ0n) is 10.7. The van der Waals surface area contributed by atoms with E-state index in [2.05, 4.69) is 24.8 Å². The smallest absolute Gasteiger partial charge is 0.0186 e. The molecular formula is C15H20S2. The summed E-state index contributed by atoms with van der Waals surface area (Å²) in [7, 11) is 3.47. The topological polar surface area (TPSA) is 0 Å². The predicted octanol–water partition coefficient (Wildman–Crippen LogP) is 6.10. The summed E-state index contributed by atoms with van der Waals surface area (Å²) < 4.78 is 0. The molecule has 0 saturated heterocycles. The molecule has 1 aromatic carbocycles. The maximum absolute atomic E-state index is 3.79. The molecule has 0 aliphatic heterocycles. The molecule has 0 amide bonds. The van der Waals surface area contributed by atoms with Crippen LogP contribution < -0.4 is 0 Å². The highest BCUT2D eigenvalue weighted by atomic mass is 33.1. The lowest BCUT2D eigenvalue weighted by molar-refractivity contribution is 1.48. The van der Waals surface area contributed by atoms with Crippen molar-refractivity contribution in [1.82, 2.24) is 0 Å². The molecule has 0 radical (unpaired) electrons. The monoisotopic (exact) mass is 264 g/mol. The second-order valence-electron chi connectivity index (χ2n) is 2.78. The summed E-state index contributed by atoms with van der Waals surface area (Å²) in [5, 5.41) is 0. The summed E-state index contributed by atoms with van der Waals surface area (Å²) >= 11 is 0. The fourth-order valence-electron chi connectivity index (χ4n) is 0.893. The second-order valence-corrected chi connectivity index (χ2v) is 5.05. The van der Waals surface area contributed by atoms with Gasteiger partial charge in [-0.25, -0.2) is 0 Å². The third-order valence-electron chi connectivity index (χ3n) is 1.63. The first-order valence-electron chi connectivity index (χ1n) is 5.72. The molecule has 0 nitrogen and oxygen atoms in total. The van der Waals surface area contributed by atoms with Crippen LogP contribution in [0.2, 0.25) is 0 Å². The van der Waals surface area contributed by atoms with Crippen LogP contribution in [0.1, 0.15) is 20.8 Å². The Morgan fingerprint density at radius 2 is 1.82 bits per heavy atom.